The molecule has 35 heavy (non-hydrogen) atoms. The van der Waals surface area contributed by atoms with Crippen molar-refractivity contribution in [3.8, 4) is 0 Å². The van der Waals surface area contributed by atoms with Crippen molar-refractivity contribution in [2.75, 3.05) is 13.2 Å². The number of nitrogens with zero attached hydrogens (tertiary/aromatic N) is 2. The number of allylic oxidation sites excluding steroid dienone is 2. The van der Waals surface area contributed by atoms with E-state index in [-0.39, 0.29) is 5.41 Å². The normalized spacial score (nSPS) is 18.2. The lowest BCUT2D eigenvalue weighted by Gasteiger charge is -2.35. The van der Waals surface area contributed by atoms with Gasteiger partial charge in [0.15, 0.2) is 0 Å². The number of aliphatic carboxylic acids is 2. The molecule has 1 unspecified atom stereocenters. The highest BCUT2D eigenvalue weighted by Crippen LogP contribution is 2.37. The van der Waals surface area contributed by atoms with Gasteiger partial charge in [0.2, 0.25) is 0 Å². The first kappa shape index (κ1) is 30.4. The van der Waals surface area contributed by atoms with Crippen LogP contribution in [0.1, 0.15) is 53.5 Å². The standard InChI is InChI=1S/C23H35ClN2O.C4H4O4/c1-17(2)26(18(3)4)13-14-27-25-22-11-12-23(5,6)20(16-22)15-19-7-9-21(24)10-8-19;5-3(6)1-2-4(7)8/h7-12,17-18,20H,13-16H2,1-6H3;1-2H,(H,5,6)(H,7,8)/b25-22+;2-1+. The topological polar surface area (TPSA) is 99.4 Å². The highest BCUT2D eigenvalue weighted by molar-refractivity contribution is 6.30. The summed E-state index contributed by atoms with van der Waals surface area (Å²) in [5.41, 5.74) is 2.50. The lowest BCUT2D eigenvalue weighted by atomic mass is 9.70. The number of hydrogen-bond acceptors (Lipinski definition) is 5. The number of carboxylic acid groups (broad SMARTS) is 2. The van der Waals surface area contributed by atoms with Crippen molar-refractivity contribution < 1.29 is 24.6 Å². The van der Waals surface area contributed by atoms with E-state index in [1.807, 2.05) is 12.1 Å². The Balaban J connectivity index is 0.000000658. The molecule has 0 saturated heterocycles. The molecule has 0 amide bonds. The summed E-state index contributed by atoms with van der Waals surface area (Å²) in [6.07, 6.45) is 7.46. The zero-order valence-electron chi connectivity index (χ0n) is 21.6. The Kier molecular flexibility index (Phi) is 12.8. The Morgan fingerprint density at radius 1 is 1.11 bits per heavy atom. The summed E-state index contributed by atoms with van der Waals surface area (Å²) in [7, 11) is 0. The molecule has 2 rings (SSSR count). The maximum absolute atomic E-state index is 9.55. The van der Waals surface area contributed by atoms with Crippen LogP contribution >= 0.6 is 11.6 Å². The molecule has 194 valence electrons. The first-order valence-electron chi connectivity index (χ1n) is 11.8. The van der Waals surface area contributed by atoms with Crippen LogP contribution in [0.5, 0.6) is 0 Å². The van der Waals surface area contributed by atoms with Gasteiger partial charge in [0, 0.05) is 35.8 Å². The summed E-state index contributed by atoms with van der Waals surface area (Å²) < 4.78 is 0. The lowest BCUT2D eigenvalue weighted by molar-refractivity contribution is -0.134. The quantitative estimate of drug-likeness (QED) is 0.240. The summed E-state index contributed by atoms with van der Waals surface area (Å²) in [6, 6.07) is 9.21. The lowest BCUT2D eigenvalue weighted by Crippen LogP contribution is -2.39. The Hall–Kier alpha value is -2.64. The van der Waals surface area contributed by atoms with Crippen LogP contribution in [-0.4, -0.2) is 58.0 Å². The van der Waals surface area contributed by atoms with Crippen LogP contribution in [-0.2, 0) is 20.8 Å². The van der Waals surface area contributed by atoms with Gasteiger partial charge in [-0.1, -0.05) is 48.8 Å². The fraction of sp³-hybridized carbons (Fsp3) is 0.519. The summed E-state index contributed by atoms with van der Waals surface area (Å²) in [5, 5.41) is 20.8. The molecule has 0 bridgehead atoms. The van der Waals surface area contributed by atoms with Crippen molar-refractivity contribution in [3.05, 3.63) is 59.2 Å². The molecular formula is C27H39ClN2O5. The number of oxime groups is 1. The van der Waals surface area contributed by atoms with Gasteiger partial charge in [-0.15, -0.1) is 0 Å². The molecule has 0 fully saturated rings. The van der Waals surface area contributed by atoms with Crippen LogP contribution in [0.2, 0.25) is 5.02 Å². The molecule has 7 nitrogen and oxygen atoms in total. The van der Waals surface area contributed by atoms with Gasteiger partial charge in [0.05, 0.1) is 5.71 Å². The molecule has 0 aromatic heterocycles. The van der Waals surface area contributed by atoms with E-state index in [0.29, 0.717) is 36.8 Å². The summed E-state index contributed by atoms with van der Waals surface area (Å²) in [6.45, 7) is 15.0. The molecule has 1 aliphatic rings. The summed E-state index contributed by atoms with van der Waals surface area (Å²) in [4.78, 5) is 27.2. The van der Waals surface area contributed by atoms with E-state index < -0.39 is 11.9 Å². The third kappa shape index (κ3) is 12.1. The van der Waals surface area contributed by atoms with Crippen LogP contribution in [0, 0.1) is 11.3 Å². The molecule has 1 aliphatic carbocycles. The van der Waals surface area contributed by atoms with Gasteiger partial charge in [0.1, 0.15) is 6.61 Å². The van der Waals surface area contributed by atoms with Crippen molar-refractivity contribution in [1.29, 1.82) is 0 Å². The van der Waals surface area contributed by atoms with Crippen molar-refractivity contribution in [2.45, 2.75) is 66.5 Å². The molecule has 0 heterocycles. The van der Waals surface area contributed by atoms with Gasteiger partial charge < -0.3 is 15.1 Å². The molecule has 0 radical (unpaired) electrons. The SMILES string of the molecule is CC(C)N(CCO/N=C1\C=CC(C)(C)C(Cc2ccc(Cl)cc2)C1)C(C)C.O=C(O)/C=C/C(=O)O. The maximum Gasteiger partial charge on any atom is 0.328 e. The monoisotopic (exact) mass is 506 g/mol. The minimum absolute atomic E-state index is 0.144. The Labute approximate surface area is 214 Å². The van der Waals surface area contributed by atoms with Gasteiger partial charge in [-0.05, 0) is 75.6 Å². The Bertz CT molecular complexity index is 881. The van der Waals surface area contributed by atoms with E-state index >= 15 is 0 Å². The van der Waals surface area contributed by atoms with E-state index in [9.17, 15) is 9.59 Å². The molecule has 1 aromatic rings. The van der Waals surface area contributed by atoms with E-state index in [2.05, 4.69) is 75.9 Å². The molecule has 1 aromatic carbocycles. The Morgan fingerprint density at radius 3 is 2.14 bits per heavy atom. The van der Waals surface area contributed by atoms with Crippen LogP contribution < -0.4 is 0 Å². The zero-order valence-corrected chi connectivity index (χ0v) is 22.3. The molecule has 0 saturated carbocycles. The van der Waals surface area contributed by atoms with E-state index in [4.69, 9.17) is 26.7 Å². The molecule has 0 spiro atoms. The average molecular weight is 507 g/mol. The van der Waals surface area contributed by atoms with Crippen molar-refractivity contribution in [2.24, 2.45) is 16.5 Å². The van der Waals surface area contributed by atoms with Crippen LogP contribution in [0.25, 0.3) is 0 Å². The third-order valence-electron chi connectivity index (χ3n) is 5.93. The summed E-state index contributed by atoms with van der Waals surface area (Å²) >= 11 is 6.02. The maximum atomic E-state index is 9.55. The highest BCUT2D eigenvalue weighted by Gasteiger charge is 2.31. The Morgan fingerprint density at radius 2 is 1.66 bits per heavy atom. The zero-order chi connectivity index (χ0) is 26.6. The summed E-state index contributed by atoms with van der Waals surface area (Å²) in [5.74, 6) is -2.02. The van der Waals surface area contributed by atoms with Crippen LogP contribution in [0.4, 0.5) is 0 Å². The van der Waals surface area contributed by atoms with Crippen molar-refractivity contribution >= 4 is 29.3 Å². The number of carboxylic acids is 2. The molecule has 1 atom stereocenters. The third-order valence-corrected chi connectivity index (χ3v) is 6.18. The average Bonchev–Trinajstić information content (AvgIpc) is 2.75. The van der Waals surface area contributed by atoms with Crippen LogP contribution in [0.15, 0.2) is 53.7 Å². The van der Waals surface area contributed by atoms with E-state index in [1.165, 1.54) is 5.56 Å². The van der Waals surface area contributed by atoms with Gasteiger partial charge in [-0.25, -0.2) is 9.59 Å². The van der Waals surface area contributed by atoms with Crippen molar-refractivity contribution in [1.82, 2.24) is 4.90 Å². The number of benzene rings is 1. The molecule has 2 N–H and O–H groups in total. The number of halogens is 1. The smallest absolute Gasteiger partial charge is 0.328 e. The highest BCUT2D eigenvalue weighted by atomic mass is 35.5. The van der Waals surface area contributed by atoms with E-state index in [0.717, 1.165) is 30.1 Å². The number of carbonyl (C=O) groups is 2. The first-order chi connectivity index (χ1) is 16.3. The predicted octanol–water partition coefficient (Wildman–Crippen LogP) is 5.69. The van der Waals surface area contributed by atoms with Crippen molar-refractivity contribution in [3.63, 3.8) is 0 Å². The largest absolute Gasteiger partial charge is 0.478 e. The second-order valence-corrected chi connectivity index (χ2v) is 10.2. The molecule has 0 aliphatic heterocycles. The van der Waals surface area contributed by atoms with Gasteiger partial charge in [-0.3, -0.25) is 4.90 Å². The molecular weight excluding hydrogens is 468 g/mol. The minimum atomic E-state index is -1.26. The second-order valence-electron chi connectivity index (χ2n) is 9.74. The van der Waals surface area contributed by atoms with Gasteiger partial charge in [0.25, 0.3) is 0 Å². The fourth-order valence-corrected chi connectivity index (χ4v) is 3.99. The van der Waals surface area contributed by atoms with Gasteiger partial charge in [-0.2, -0.15) is 0 Å². The molecule has 8 heteroatoms. The number of rotatable bonds is 10. The fourth-order valence-electron chi connectivity index (χ4n) is 3.87. The number of hydrogen-bond donors (Lipinski definition) is 2. The first-order valence-corrected chi connectivity index (χ1v) is 12.2. The van der Waals surface area contributed by atoms with Crippen LogP contribution in [0.3, 0.4) is 0 Å². The minimum Gasteiger partial charge on any atom is -0.478 e. The van der Waals surface area contributed by atoms with Gasteiger partial charge >= 0.3 is 11.9 Å². The van der Waals surface area contributed by atoms with E-state index in [1.54, 1.807) is 0 Å². The second kappa shape index (κ2) is 14.7. The predicted molar refractivity (Wildman–Crippen MR) is 141 cm³/mol.